The maximum absolute atomic E-state index is 6.20. The van der Waals surface area contributed by atoms with Crippen LogP contribution in [0.5, 0.6) is 11.5 Å². The topological polar surface area (TPSA) is 150 Å². The molecule has 4 rings (SSSR count). The first-order valence-corrected chi connectivity index (χ1v) is 39.0. The molecule has 2 aromatic heterocycles. The van der Waals surface area contributed by atoms with Gasteiger partial charge in [-0.05, 0) is 99.9 Å². The van der Waals surface area contributed by atoms with Crippen LogP contribution in [0.1, 0.15) is 337 Å². The van der Waals surface area contributed by atoms with Crippen molar-refractivity contribution in [3.63, 3.8) is 0 Å². The average molecular weight is 1280 g/mol. The Labute approximate surface area is 564 Å². The molecule has 14 nitrogen and oxygen atoms in total. The Morgan fingerprint density at radius 3 is 0.772 bits per heavy atom. The second kappa shape index (κ2) is 56.2. The van der Waals surface area contributed by atoms with E-state index >= 15 is 0 Å². The van der Waals surface area contributed by atoms with Gasteiger partial charge in [-0.15, -0.1) is 0 Å². The van der Waals surface area contributed by atoms with Crippen LogP contribution in [-0.4, -0.2) is 82.4 Å². The Hall–Kier alpha value is -5.14. The summed E-state index contributed by atoms with van der Waals surface area (Å²) in [5.74, 6) is 5.57. The van der Waals surface area contributed by atoms with Crippen LogP contribution >= 0.6 is 0 Å². The molecule has 0 spiro atoms. The Morgan fingerprint density at radius 1 is 0.261 bits per heavy atom. The van der Waals surface area contributed by atoms with Gasteiger partial charge in [0.2, 0.25) is 35.7 Å². The largest absolute Gasteiger partial charge is 0.494 e. The van der Waals surface area contributed by atoms with E-state index in [-0.39, 0.29) is 0 Å². The van der Waals surface area contributed by atoms with E-state index in [9.17, 15) is 0 Å². The van der Waals surface area contributed by atoms with Gasteiger partial charge in [0.15, 0.2) is 0 Å². The molecule has 2 heterocycles. The van der Waals surface area contributed by atoms with Crippen molar-refractivity contribution in [2.45, 2.75) is 337 Å². The van der Waals surface area contributed by atoms with Crippen LogP contribution in [0, 0.1) is 0 Å². The van der Waals surface area contributed by atoms with Crippen LogP contribution in [0.15, 0.2) is 48.5 Å². The first kappa shape index (κ1) is 79.3. The fourth-order valence-corrected chi connectivity index (χ4v) is 12.0. The van der Waals surface area contributed by atoms with Crippen LogP contribution in [-0.2, 0) is 0 Å². The Kier molecular flexibility index (Phi) is 48.5. The fraction of sp³-hybridized carbons (Fsp3) is 0.769. The van der Waals surface area contributed by atoms with Gasteiger partial charge in [-0.25, -0.2) is 0 Å². The van der Waals surface area contributed by atoms with Gasteiger partial charge in [-0.2, -0.15) is 29.9 Å². The maximum Gasteiger partial charge on any atom is 0.233 e. The molecule has 4 N–H and O–H groups in total. The molecule has 0 saturated carbocycles. The third-order valence-electron chi connectivity index (χ3n) is 17.9. The minimum absolute atomic E-state index is 0.551. The fourth-order valence-electron chi connectivity index (χ4n) is 12.0. The minimum atomic E-state index is 0.551. The molecule has 0 amide bonds. The second-order valence-electron chi connectivity index (χ2n) is 26.5. The third-order valence-corrected chi connectivity index (χ3v) is 17.9. The highest BCUT2D eigenvalue weighted by molar-refractivity contribution is 5.58. The summed E-state index contributed by atoms with van der Waals surface area (Å²) in [6.07, 6.45) is 58.1. The van der Waals surface area contributed by atoms with Crippen LogP contribution in [0.4, 0.5) is 47.1 Å². The van der Waals surface area contributed by atoms with Crippen LogP contribution in [0.3, 0.4) is 0 Å². The van der Waals surface area contributed by atoms with E-state index in [1.807, 2.05) is 0 Å². The van der Waals surface area contributed by atoms with Crippen molar-refractivity contribution in [3.8, 4) is 11.5 Å². The summed E-state index contributed by atoms with van der Waals surface area (Å²) < 4.78 is 12.4. The number of hydrogen-bond acceptors (Lipinski definition) is 14. The number of anilines is 8. The lowest BCUT2D eigenvalue weighted by atomic mass is 10.1. The molecule has 0 bridgehead atoms. The van der Waals surface area contributed by atoms with Gasteiger partial charge in [-0.1, -0.05) is 286 Å². The molecule has 0 atom stereocenters. The smallest absolute Gasteiger partial charge is 0.233 e. The van der Waals surface area contributed by atoms with E-state index in [1.165, 1.54) is 244 Å². The Bertz CT molecular complexity index is 2100. The molecule has 0 radical (unpaired) electrons. The normalized spacial score (nSPS) is 11.3. The highest BCUT2D eigenvalue weighted by Gasteiger charge is 2.17. The highest BCUT2D eigenvalue weighted by Crippen LogP contribution is 2.26. The molecule has 0 unspecified atom stereocenters. The van der Waals surface area contributed by atoms with Gasteiger partial charge in [0.1, 0.15) is 11.5 Å². The molecule has 0 fully saturated rings. The van der Waals surface area contributed by atoms with Gasteiger partial charge in [-0.3, -0.25) is 0 Å². The molecule has 0 aliphatic heterocycles. The molecular weight excluding hydrogens is 1140 g/mol. The zero-order chi connectivity index (χ0) is 65.3. The molecular formula is C78H138N12O2. The third kappa shape index (κ3) is 40.2. The van der Waals surface area contributed by atoms with Gasteiger partial charge in [0.05, 0.1) is 13.2 Å². The summed E-state index contributed by atoms with van der Waals surface area (Å²) in [4.78, 5) is 35.4. The van der Waals surface area contributed by atoms with Gasteiger partial charge in [0.25, 0.3) is 0 Å². The molecule has 14 heteroatoms. The van der Waals surface area contributed by atoms with Crippen molar-refractivity contribution in [1.82, 2.24) is 29.9 Å². The monoisotopic (exact) mass is 1280 g/mol. The summed E-state index contributed by atoms with van der Waals surface area (Å²) in [6, 6.07) is 16.5. The standard InChI is InChI=1S/C78H138N12O2/c1-7-13-19-25-31-33-35-37-43-51-67-91-71-57-53-69(54-58-71)81-75-83-73(85-77(87-75)89(63-47-39-27-21-15-9-3)64-48-40-28-22-16-10-4)79-61-45-46-62-80-74-84-76(82-70-55-59-72(60-56-70)92-68-52-44-38-36-34-32-26-20-14-8-2)88-78(86-74)90(65-49-41-29-23-17-11-5)66-50-42-30-24-18-12-6/h53-60H,7-52,61-68H2,1-6H3,(H2,79,81,83,85,87)(H2,80,82,84,86,88). The lowest BCUT2D eigenvalue weighted by Gasteiger charge is -2.24. The van der Waals surface area contributed by atoms with Crippen LogP contribution in [0.25, 0.3) is 0 Å². The number of hydrogen-bond donors (Lipinski definition) is 4. The van der Waals surface area contributed by atoms with Crippen molar-refractivity contribution in [1.29, 1.82) is 0 Å². The lowest BCUT2D eigenvalue weighted by Crippen LogP contribution is -2.28. The number of ether oxygens (including phenoxy) is 2. The summed E-state index contributed by atoms with van der Waals surface area (Å²) >= 11 is 0. The predicted octanol–water partition coefficient (Wildman–Crippen LogP) is 23.5. The summed E-state index contributed by atoms with van der Waals surface area (Å²) in [6.45, 7) is 20.4. The molecule has 0 aliphatic rings. The van der Waals surface area contributed by atoms with Crippen molar-refractivity contribution in [3.05, 3.63) is 48.5 Å². The van der Waals surface area contributed by atoms with Crippen molar-refractivity contribution in [2.24, 2.45) is 0 Å². The van der Waals surface area contributed by atoms with E-state index < -0.39 is 0 Å². The predicted molar refractivity (Wildman–Crippen MR) is 398 cm³/mol. The zero-order valence-corrected chi connectivity index (χ0v) is 60.2. The average Bonchev–Trinajstić information content (AvgIpc) is 0.943. The Balaban J connectivity index is 1.45. The van der Waals surface area contributed by atoms with Crippen molar-refractivity contribution in [2.75, 3.05) is 83.5 Å². The van der Waals surface area contributed by atoms with Crippen molar-refractivity contribution < 1.29 is 9.47 Å². The maximum atomic E-state index is 6.20. The number of benzene rings is 2. The molecule has 92 heavy (non-hydrogen) atoms. The van der Waals surface area contributed by atoms with Gasteiger partial charge < -0.3 is 40.5 Å². The molecule has 522 valence electrons. The zero-order valence-electron chi connectivity index (χ0n) is 60.2. The van der Waals surface area contributed by atoms with Gasteiger partial charge in [0, 0.05) is 50.6 Å². The molecule has 0 saturated heterocycles. The molecule has 4 aromatic rings. The molecule has 2 aromatic carbocycles. The van der Waals surface area contributed by atoms with E-state index in [2.05, 4.69) is 121 Å². The first-order valence-electron chi connectivity index (χ1n) is 39.0. The number of nitrogens with zero attached hydrogens (tertiary/aromatic N) is 8. The molecule has 0 aliphatic carbocycles. The number of rotatable bonds is 65. The van der Waals surface area contributed by atoms with E-state index in [0.29, 0.717) is 36.9 Å². The lowest BCUT2D eigenvalue weighted by molar-refractivity contribution is 0.304. The van der Waals surface area contributed by atoms with E-state index in [4.69, 9.17) is 39.4 Å². The van der Waals surface area contributed by atoms with Gasteiger partial charge >= 0.3 is 0 Å². The summed E-state index contributed by atoms with van der Waals surface area (Å²) in [7, 11) is 0. The van der Waals surface area contributed by atoms with Crippen molar-refractivity contribution >= 4 is 47.1 Å². The number of unbranched alkanes of at least 4 members (excludes halogenated alkanes) is 39. The Morgan fingerprint density at radius 2 is 0.500 bits per heavy atom. The minimum Gasteiger partial charge on any atom is -0.494 e. The van der Waals surface area contributed by atoms with E-state index in [0.717, 1.165) is 126 Å². The second-order valence-corrected chi connectivity index (χ2v) is 26.5. The SMILES string of the molecule is CCCCCCCCCCCCOc1ccc(Nc2nc(NCCCCNc3nc(Nc4ccc(OCCCCCCCCCCCC)cc4)nc(N(CCCCCCCC)CCCCCCCC)n3)nc(N(CCCCCCCC)CCCCCCCC)n2)cc1. The summed E-state index contributed by atoms with van der Waals surface area (Å²) in [5.41, 5.74) is 1.85. The first-order chi connectivity index (χ1) is 45.5. The summed E-state index contributed by atoms with van der Waals surface area (Å²) in [5, 5.41) is 14.4. The quantitative estimate of drug-likeness (QED) is 0.0311. The highest BCUT2D eigenvalue weighted by atomic mass is 16.5. The van der Waals surface area contributed by atoms with Crippen LogP contribution in [0.2, 0.25) is 0 Å². The van der Waals surface area contributed by atoms with E-state index in [1.54, 1.807) is 0 Å². The van der Waals surface area contributed by atoms with Crippen LogP contribution < -0.4 is 40.5 Å². The number of aromatic nitrogens is 6. The number of nitrogens with one attached hydrogen (secondary N) is 4.